The number of hydrogen-bond donors (Lipinski definition) is 1. The van der Waals surface area contributed by atoms with Crippen LogP contribution in [-0.2, 0) is 26.2 Å². The van der Waals surface area contributed by atoms with Gasteiger partial charge in [-0.25, -0.2) is 8.42 Å². The Morgan fingerprint density at radius 2 is 1.73 bits per heavy atom. The van der Waals surface area contributed by atoms with E-state index in [2.05, 4.69) is 5.32 Å². The monoisotopic (exact) mass is 493 g/mol. The van der Waals surface area contributed by atoms with Crippen LogP contribution in [-0.4, -0.2) is 50.0 Å². The molecule has 0 fully saturated rings. The molecule has 2 amide bonds. The van der Waals surface area contributed by atoms with Gasteiger partial charge in [0.05, 0.1) is 11.9 Å². The lowest BCUT2D eigenvalue weighted by Gasteiger charge is -2.32. The van der Waals surface area contributed by atoms with E-state index in [-0.39, 0.29) is 18.5 Å². The molecular weight excluding hydrogens is 462 g/mol. The highest BCUT2D eigenvalue weighted by Crippen LogP contribution is 2.26. The number of benzene rings is 2. The van der Waals surface area contributed by atoms with Gasteiger partial charge in [0.1, 0.15) is 12.6 Å². The van der Waals surface area contributed by atoms with Crippen LogP contribution in [0.15, 0.2) is 48.5 Å². The Kier molecular flexibility index (Phi) is 9.31. The van der Waals surface area contributed by atoms with E-state index >= 15 is 0 Å². The third-order valence-electron chi connectivity index (χ3n) is 5.47. The number of aryl methyl sites for hydroxylation is 1. The van der Waals surface area contributed by atoms with E-state index in [1.807, 2.05) is 44.2 Å². The number of hydrogen-bond acceptors (Lipinski definition) is 4. The molecule has 0 aromatic heterocycles. The van der Waals surface area contributed by atoms with Crippen LogP contribution in [0.25, 0.3) is 0 Å². The Morgan fingerprint density at radius 3 is 2.27 bits per heavy atom. The number of sulfonamides is 1. The molecule has 0 saturated heterocycles. The average molecular weight is 494 g/mol. The molecule has 0 radical (unpaired) electrons. The highest BCUT2D eigenvalue weighted by molar-refractivity contribution is 7.92. The normalized spacial score (nSPS) is 13.2. The van der Waals surface area contributed by atoms with Gasteiger partial charge in [0.15, 0.2) is 0 Å². The number of anilines is 1. The maximum Gasteiger partial charge on any atom is 0.244 e. The number of amides is 2. The Balaban J connectivity index is 2.39. The minimum Gasteiger partial charge on any atom is -0.352 e. The summed E-state index contributed by atoms with van der Waals surface area (Å²) in [6.45, 7) is 6.97. The Hall–Kier alpha value is -2.58. The Morgan fingerprint density at radius 1 is 1.09 bits per heavy atom. The van der Waals surface area contributed by atoms with Gasteiger partial charge in [-0.1, -0.05) is 48.9 Å². The van der Waals surface area contributed by atoms with Gasteiger partial charge in [-0.15, -0.1) is 0 Å². The van der Waals surface area contributed by atoms with Gasteiger partial charge in [-0.3, -0.25) is 13.9 Å². The number of carbonyl (C=O) groups excluding carboxylic acids is 2. The van der Waals surface area contributed by atoms with Crippen LogP contribution in [0.2, 0.25) is 5.02 Å². The Labute approximate surface area is 201 Å². The second-order valence-corrected chi connectivity index (χ2v) is 10.5. The molecule has 0 aliphatic rings. The smallest absolute Gasteiger partial charge is 0.244 e. The molecule has 2 aromatic rings. The van der Waals surface area contributed by atoms with E-state index in [1.54, 1.807) is 32.0 Å². The molecule has 9 heteroatoms. The second-order valence-electron chi connectivity index (χ2n) is 8.20. The van der Waals surface area contributed by atoms with Crippen molar-refractivity contribution in [3.8, 4) is 0 Å². The number of halogens is 1. The molecule has 2 atom stereocenters. The molecule has 0 spiro atoms. The van der Waals surface area contributed by atoms with Gasteiger partial charge >= 0.3 is 0 Å². The quantitative estimate of drug-likeness (QED) is 0.546. The lowest BCUT2D eigenvalue weighted by Crippen LogP contribution is -2.52. The standard InChI is InChI=1S/C24H32ClN3O4S/c1-6-18(3)26-24(30)19(4)27(15-20-10-8-7-9-11-20)23(29)16-28(33(5,31)32)22-13-12-21(25)14-17(22)2/h7-14,18-19H,6,15-16H2,1-5H3,(H,26,30)/t18-,19-/m1/s1. The van der Waals surface area contributed by atoms with Crippen molar-refractivity contribution in [3.05, 3.63) is 64.7 Å². The van der Waals surface area contributed by atoms with Crippen molar-refractivity contribution in [1.82, 2.24) is 10.2 Å². The summed E-state index contributed by atoms with van der Waals surface area (Å²) in [5.74, 6) is -0.771. The van der Waals surface area contributed by atoms with Crippen molar-refractivity contribution in [2.24, 2.45) is 0 Å². The zero-order valence-electron chi connectivity index (χ0n) is 19.7. The van der Waals surface area contributed by atoms with Crippen molar-refractivity contribution >= 4 is 39.1 Å². The number of nitrogens with zero attached hydrogens (tertiary/aromatic N) is 2. The zero-order chi connectivity index (χ0) is 24.8. The molecule has 0 bridgehead atoms. The summed E-state index contributed by atoms with van der Waals surface area (Å²) in [5, 5.41) is 3.37. The third-order valence-corrected chi connectivity index (χ3v) is 6.83. The molecule has 2 aromatic carbocycles. The SMILES string of the molecule is CC[C@@H](C)NC(=O)[C@@H](C)N(Cc1ccccc1)C(=O)CN(c1ccc(Cl)cc1C)S(C)(=O)=O. The molecule has 0 aliphatic heterocycles. The highest BCUT2D eigenvalue weighted by atomic mass is 35.5. The molecule has 0 aliphatic carbocycles. The summed E-state index contributed by atoms with van der Waals surface area (Å²) in [6, 6.07) is 13.2. The number of nitrogens with one attached hydrogen (secondary N) is 1. The van der Waals surface area contributed by atoms with Crippen molar-refractivity contribution in [3.63, 3.8) is 0 Å². The first-order valence-corrected chi connectivity index (χ1v) is 13.0. The van der Waals surface area contributed by atoms with Crippen LogP contribution < -0.4 is 9.62 Å². The van der Waals surface area contributed by atoms with Crippen LogP contribution in [0.1, 0.15) is 38.3 Å². The topological polar surface area (TPSA) is 86.8 Å². The molecule has 0 saturated carbocycles. The molecule has 7 nitrogen and oxygen atoms in total. The van der Waals surface area contributed by atoms with Gasteiger partial charge in [0.2, 0.25) is 21.8 Å². The molecule has 33 heavy (non-hydrogen) atoms. The summed E-state index contributed by atoms with van der Waals surface area (Å²) >= 11 is 6.02. The number of rotatable bonds is 10. The van der Waals surface area contributed by atoms with Crippen LogP contribution in [0.5, 0.6) is 0 Å². The minimum absolute atomic E-state index is 0.0436. The summed E-state index contributed by atoms with van der Waals surface area (Å²) in [5.41, 5.74) is 1.83. The van der Waals surface area contributed by atoms with E-state index in [0.29, 0.717) is 16.3 Å². The molecule has 180 valence electrons. The minimum atomic E-state index is -3.78. The van der Waals surface area contributed by atoms with E-state index in [0.717, 1.165) is 22.5 Å². The van der Waals surface area contributed by atoms with Gasteiger partial charge in [0.25, 0.3) is 0 Å². The maximum absolute atomic E-state index is 13.5. The van der Waals surface area contributed by atoms with Crippen molar-refractivity contribution in [2.45, 2.75) is 52.7 Å². The van der Waals surface area contributed by atoms with E-state index in [4.69, 9.17) is 11.6 Å². The van der Waals surface area contributed by atoms with Crippen LogP contribution in [0.3, 0.4) is 0 Å². The average Bonchev–Trinajstić information content (AvgIpc) is 2.75. The second kappa shape index (κ2) is 11.5. The van der Waals surface area contributed by atoms with E-state index in [1.165, 1.54) is 4.90 Å². The predicted molar refractivity (Wildman–Crippen MR) is 133 cm³/mol. The van der Waals surface area contributed by atoms with E-state index < -0.39 is 28.5 Å². The van der Waals surface area contributed by atoms with Gasteiger partial charge < -0.3 is 10.2 Å². The van der Waals surface area contributed by atoms with Crippen LogP contribution in [0.4, 0.5) is 5.69 Å². The van der Waals surface area contributed by atoms with Crippen molar-refractivity contribution in [1.29, 1.82) is 0 Å². The first kappa shape index (κ1) is 26.7. The summed E-state index contributed by atoms with van der Waals surface area (Å²) in [6.07, 6.45) is 1.80. The molecular formula is C24H32ClN3O4S. The first-order valence-electron chi connectivity index (χ1n) is 10.8. The molecule has 1 N–H and O–H groups in total. The van der Waals surface area contributed by atoms with Gasteiger partial charge in [-0.2, -0.15) is 0 Å². The predicted octanol–water partition coefficient (Wildman–Crippen LogP) is 3.75. The lowest BCUT2D eigenvalue weighted by atomic mass is 10.1. The fourth-order valence-corrected chi connectivity index (χ4v) is 4.46. The summed E-state index contributed by atoms with van der Waals surface area (Å²) in [4.78, 5) is 27.7. The maximum atomic E-state index is 13.5. The first-order chi connectivity index (χ1) is 15.4. The van der Waals surface area contributed by atoms with Crippen molar-refractivity contribution in [2.75, 3.05) is 17.1 Å². The molecule has 2 rings (SSSR count). The lowest BCUT2D eigenvalue weighted by molar-refractivity contribution is -0.139. The molecule has 0 unspecified atom stereocenters. The third kappa shape index (κ3) is 7.47. The highest BCUT2D eigenvalue weighted by Gasteiger charge is 2.30. The fraction of sp³-hybridized carbons (Fsp3) is 0.417. The summed E-state index contributed by atoms with van der Waals surface area (Å²) < 4.78 is 26.3. The number of carbonyl (C=O) groups is 2. The van der Waals surface area contributed by atoms with Crippen LogP contribution in [0, 0.1) is 6.92 Å². The van der Waals surface area contributed by atoms with E-state index in [9.17, 15) is 18.0 Å². The summed E-state index contributed by atoms with van der Waals surface area (Å²) in [7, 11) is -3.78. The zero-order valence-corrected chi connectivity index (χ0v) is 21.3. The van der Waals surface area contributed by atoms with Gasteiger partial charge in [0, 0.05) is 17.6 Å². The Bertz CT molecular complexity index is 1080. The van der Waals surface area contributed by atoms with Crippen molar-refractivity contribution < 1.29 is 18.0 Å². The van der Waals surface area contributed by atoms with Crippen LogP contribution >= 0.6 is 11.6 Å². The largest absolute Gasteiger partial charge is 0.352 e. The molecule has 0 heterocycles. The fourth-order valence-electron chi connectivity index (χ4n) is 3.32. The van der Waals surface area contributed by atoms with Gasteiger partial charge in [-0.05, 0) is 56.5 Å².